The van der Waals surface area contributed by atoms with Gasteiger partial charge >= 0.3 is 0 Å². The van der Waals surface area contributed by atoms with Crippen LogP contribution in [0.15, 0.2) is 36.6 Å². The monoisotopic (exact) mass is 205 g/mol. The van der Waals surface area contributed by atoms with Gasteiger partial charge in [0.15, 0.2) is 5.76 Å². The highest BCUT2D eigenvalue weighted by Crippen LogP contribution is 2.08. The van der Waals surface area contributed by atoms with Crippen LogP contribution in [-0.4, -0.2) is 28.9 Å². The lowest BCUT2D eigenvalue weighted by molar-refractivity contribution is 0.102. The molecule has 1 aromatic heterocycles. The fraction of sp³-hybridized carbons (Fsp3) is 0.200. The van der Waals surface area contributed by atoms with Crippen molar-refractivity contribution < 1.29 is 9.57 Å². The highest BCUT2D eigenvalue weighted by atomic mass is 16.7. The van der Waals surface area contributed by atoms with E-state index in [0.717, 1.165) is 11.0 Å². The second kappa shape index (κ2) is 4.10. The summed E-state index contributed by atoms with van der Waals surface area (Å²) < 4.78 is 4.88. The zero-order chi connectivity index (χ0) is 10.7. The molecule has 0 aliphatic carbocycles. The molecular formula is C10H11N3O2. The minimum absolute atomic E-state index is 0.328. The van der Waals surface area contributed by atoms with Gasteiger partial charge in [0, 0.05) is 7.11 Å². The molecule has 78 valence electrons. The van der Waals surface area contributed by atoms with Crippen molar-refractivity contribution in [3.8, 4) is 0 Å². The maximum atomic E-state index is 5.33. The largest absolute Gasteiger partial charge is 0.377 e. The number of rotatable bonds is 4. The van der Waals surface area contributed by atoms with E-state index in [-0.39, 0.29) is 0 Å². The number of aromatic nitrogens is 3. The average Bonchev–Trinajstić information content (AvgIpc) is 2.62. The van der Waals surface area contributed by atoms with Crippen LogP contribution in [0.1, 0.15) is 0 Å². The van der Waals surface area contributed by atoms with Gasteiger partial charge in [-0.1, -0.05) is 23.6 Å². The minimum Gasteiger partial charge on any atom is -0.377 e. The molecule has 1 heterocycles. The van der Waals surface area contributed by atoms with Crippen LogP contribution >= 0.6 is 0 Å². The maximum absolute atomic E-state index is 5.33. The topological polar surface area (TPSA) is 49.2 Å². The molecule has 15 heavy (non-hydrogen) atoms. The standard InChI is InChI=1S/C10H11N3O2/c1-8(7-14-2)15-13-10-6-4-3-5-9(10)11-12-13/h3-6H,1,7H2,2H3. The summed E-state index contributed by atoms with van der Waals surface area (Å²) in [5, 5.41) is 7.78. The maximum Gasteiger partial charge on any atom is 0.153 e. The smallest absolute Gasteiger partial charge is 0.153 e. The highest BCUT2D eigenvalue weighted by molar-refractivity contribution is 5.73. The molecule has 2 aromatic rings. The minimum atomic E-state index is 0.328. The molecule has 0 unspecified atom stereocenters. The van der Waals surface area contributed by atoms with Gasteiger partial charge in [0.05, 0.1) is 0 Å². The molecule has 0 atom stereocenters. The van der Waals surface area contributed by atoms with Crippen molar-refractivity contribution in [3.05, 3.63) is 36.6 Å². The lowest BCUT2D eigenvalue weighted by atomic mass is 10.3. The van der Waals surface area contributed by atoms with Gasteiger partial charge in [-0.2, -0.15) is 0 Å². The predicted molar refractivity (Wildman–Crippen MR) is 55.1 cm³/mol. The van der Waals surface area contributed by atoms with E-state index in [0.29, 0.717) is 12.4 Å². The van der Waals surface area contributed by atoms with E-state index in [4.69, 9.17) is 9.57 Å². The van der Waals surface area contributed by atoms with E-state index in [2.05, 4.69) is 16.9 Å². The SMILES string of the molecule is C=C(COC)On1nnc2ccccc21. The Kier molecular flexibility index (Phi) is 2.64. The highest BCUT2D eigenvalue weighted by Gasteiger charge is 2.05. The van der Waals surface area contributed by atoms with Gasteiger partial charge in [0.1, 0.15) is 17.6 Å². The average molecular weight is 205 g/mol. The van der Waals surface area contributed by atoms with Gasteiger partial charge < -0.3 is 9.57 Å². The van der Waals surface area contributed by atoms with Gasteiger partial charge in [0.25, 0.3) is 0 Å². The third-order valence-corrected chi connectivity index (χ3v) is 1.84. The van der Waals surface area contributed by atoms with Crippen LogP contribution in [0.25, 0.3) is 11.0 Å². The third kappa shape index (κ3) is 1.97. The van der Waals surface area contributed by atoms with Crippen LogP contribution in [0.4, 0.5) is 0 Å². The number of ether oxygens (including phenoxy) is 1. The molecule has 0 saturated heterocycles. The van der Waals surface area contributed by atoms with E-state index >= 15 is 0 Å². The number of nitrogens with zero attached hydrogens (tertiary/aromatic N) is 3. The quantitative estimate of drug-likeness (QED) is 0.699. The lowest BCUT2D eigenvalue weighted by Gasteiger charge is -2.05. The fourth-order valence-electron chi connectivity index (χ4n) is 1.22. The summed E-state index contributed by atoms with van der Waals surface area (Å²) in [7, 11) is 1.58. The van der Waals surface area contributed by atoms with Crippen molar-refractivity contribution in [2.45, 2.75) is 0 Å². The van der Waals surface area contributed by atoms with E-state index in [1.165, 1.54) is 4.85 Å². The van der Waals surface area contributed by atoms with Crippen molar-refractivity contribution >= 4 is 11.0 Å². The molecule has 0 bridgehead atoms. The first-order valence-corrected chi connectivity index (χ1v) is 4.47. The number of hydrogen-bond acceptors (Lipinski definition) is 4. The summed E-state index contributed by atoms with van der Waals surface area (Å²) in [4.78, 5) is 6.66. The molecule has 0 amide bonds. The van der Waals surface area contributed by atoms with E-state index < -0.39 is 0 Å². The summed E-state index contributed by atoms with van der Waals surface area (Å²) in [6, 6.07) is 7.52. The van der Waals surface area contributed by atoms with E-state index in [1.54, 1.807) is 7.11 Å². The lowest BCUT2D eigenvalue weighted by Crippen LogP contribution is -2.14. The summed E-state index contributed by atoms with van der Waals surface area (Å²) in [5.74, 6) is 0.480. The van der Waals surface area contributed by atoms with Crippen LogP contribution < -0.4 is 4.84 Å². The third-order valence-electron chi connectivity index (χ3n) is 1.84. The number of hydrogen-bond donors (Lipinski definition) is 0. The van der Waals surface area contributed by atoms with Crippen molar-refractivity contribution in [2.24, 2.45) is 0 Å². The summed E-state index contributed by atoms with van der Waals surface area (Å²) in [5.41, 5.74) is 1.58. The number of benzene rings is 1. The summed E-state index contributed by atoms with van der Waals surface area (Å²) >= 11 is 0. The first-order valence-electron chi connectivity index (χ1n) is 4.47. The van der Waals surface area contributed by atoms with E-state index in [9.17, 15) is 0 Å². The molecule has 0 fully saturated rings. The first-order chi connectivity index (χ1) is 7.31. The molecule has 0 spiro atoms. The van der Waals surface area contributed by atoms with Gasteiger partial charge in [-0.15, -0.1) is 5.10 Å². The van der Waals surface area contributed by atoms with Gasteiger partial charge in [-0.3, -0.25) is 0 Å². The normalized spacial score (nSPS) is 10.5. The second-order valence-corrected chi connectivity index (χ2v) is 3.01. The van der Waals surface area contributed by atoms with Crippen molar-refractivity contribution in [2.75, 3.05) is 13.7 Å². The molecule has 0 N–H and O–H groups in total. The van der Waals surface area contributed by atoms with Gasteiger partial charge in [-0.05, 0) is 17.3 Å². The molecule has 5 nitrogen and oxygen atoms in total. The molecule has 2 rings (SSSR count). The molecule has 0 aliphatic rings. The van der Waals surface area contributed by atoms with Crippen molar-refractivity contribution in [3.63, 3.8) is 0 Å². The van der Waals surface area contributed by atoms with Crippen LogP contribution in [0.3, 0.4) is 0 Å². The van der Waals surface area contributed by atoms with Crippen molar-refractivity contribution in [1.82, 2.24) is 15.2 Å². The Hall–Kier alpha value is -1.88. The summed E-state index contributed by atoms with van der Waals surface area (Å²) in [6.07, 6.45) is 0. The number of methoxy groups -OCH3 is 1. The fourth-order valence-corrected chi connectivity index (χ4v) is 1.22. The van der Waals surface area contributed by atoms with E-state index in [1.807, 2.05) is 24.3 Å². The molecule has 0 radical (unpaired) electrons. The van der Waals surface area contributed by atoms with Crippen LogP contribution in [0.2, 0.25) is 0 Å². The Morgan fingerprint density at radius 2 is 2.27 bits per heavy atom. The Morgan fingerprint density at radius 3 is 3.07 bits per heavy atom. The van der Waals surface area contributed by atoms with Crippen LogP contribution in [0.5, 0.6) is 0 Å². The van der Waals surface area contributed by atoms with Gasteiger partial charge in [-0.25, -0.2) is 0 Å². The number of fused-ring (bicyclic) bond motifs is 1. The Balaban J connectivity index is 2.25. The molecule has 1 aromatic carbocycles. The molecule has 5 heteroatoms. The Labute approximate surface area is 86.9 Å². The van der Waals surface area contributed by atoms with Crippen LogP contribution in [-0.2, 0) is 4.74 Å². The molecule has 0 saturated carbocycles. The molecular weight excluding hydrogens is 194 g/mol. The van der Waals surface area contributed by atoms with Crippen molar-refractivity contribution in [1.29, 1.82) is 0 Å². The second-order valence-electron chi connectivity index (χ2n) is 3.01. The predicted octanol–water partition coefficient (Wildman–Crippen LogP) is 1.02. The molecule has 0 aliphatic heterocycles. The zero-order valence-electron chi connectivity index (χ0n) is 8.38. The zero-order valence-corrected chi connectivity index (χ0v) is 8.38. The number of para-hydroxylation sites is 1. The Morgan fingerprint density at radius 1 is 1.47 bits per heavy atom. The van der Waals surface area contributed by atoms with Gasteiger partial charge in [0.2, 0.25) is 0 Å². The first kappa shape index (κ1) is 9.67. The Bertz CT molecular complexity index is 478. The summed E-state index contributed by atoms with van der Waals surface area (Å²) in [6.45, 7) is 4.02. The van der Waals surface area contributed by atoms with Crippen LogP contribution in [0, 0.1) is 0 Å².